The maximum atomic E-state index is 11.6. The van der Waals surface area contributed by atoms with Crippen LogP contribution in [0, 0.1) is 0 Å². The summed E-state index contributed by atoms with van der Waals surface area (Å²) in [4.78, 5) is 11.6. The van der Waals surface area contributed by atoms with E-state index in [1.54, 1.807) is 0 Å². The molecule has 1 heterocycles. The van der Waals surface area contributed by atoms with E-state index in [1.807, 2.05) is 13.8 Å². The first kappa shape index (κ1) is 14.4. The van der Waals surface area contributed by atoms with Crippen LogP contribution in [0.3, 0.4) is 0 Å². The molecule has 0 spiro atoms. The summed E-state index contributed by atoms with van der Waals surface area (Å²) >= 11 is 0. The molecule has 0 amide bonds. The van der Waals surface area contributed by atoms with Gasteiger partial charge in [-0.1, -0.05) is 6.92 Å². The highest BCUT2D eigenvalue weighted by molar-refractivity contribution is 5.75. The van der Waals surface area contributed by atoms with E-state index in [-0.39, 0.29) is 18.1 Å². The Labute approximate surface area is 103 Å². The lowest BCUT2D eigenvalue weighted by molar-refractivity contribution is -0.146. The third kappa shape index (κ3) is 5.48. The van der Waals surface area contributed by atoms with Gasteiger partial charge in [-0.2, -0.15) is 0 Å². The third-order valence-corrected chi connectivity index (χ3v) is 2.67. The number of likely N-dealkylation sites (N-methyl/N-ethyl adjacent to an activating group) is 1. The Morgan fingerprint density at radius 3 is 2.94 bits per heavy atom. The summed E-state index contributed by atoms with van der Waals surface area (Å²) in [5.74, 6) is -0.194. The molecule has 17 heavy (non-hydrogen) atoms. The van der Waals surface area contributed by atoms with E-state index >= 15 is 0 Å². The van der Waals surface area contributed by atoms with E-state index < -0.39 is 0 Å². The zero-order chi connectivity index (χ0) is 12.5. The van der Waals surface area contributed by atoms with Crippen molar-refractivity contribution in [2.45, 2.75) is 38.8 Å². The van der Waals surface area contributed by atoms with Gasteiger partial charge in [0.2, 0.25) is 0 Å². The predicted octanol–water partition coefficient (Wildman–Crippen LogP) is 0.723. The fourth-order valence-corrected chi connectivity index (χ4v) is 1.79. The second-order valence-corrected chi connectivity index (χ2v) is 4.01. The highest BCUT2D eigenvalue weighted by Gasteiger charge is 2.20. The summed E-state index contributed by atoms with van der Waals surface area (Å²) in [7, 11) is 0. The smallest absolute Gasteiger partial charge is 0.323 e. The van der Waals surface area contributed by atoms with Crippen LogP contribution >= 0.6 is 0 Å². The molecule has 0 radical (unpaired) electrons. The molecule has 1 rings (SSSR count). The second-order valence-electron chi connectivity index (χ2n) is 4.01. The van der Waals surface area contributed by atoms with E-state index in [4.69, 9.17) is 14.2 Å². The molecule has 0 aromatic carbocycles. The van der Waals surface area contributed by atoms with E-state index in [1.165, 1.54) is 0 Å². The normalized spacial score (nSPS) is 21.4. The standard InChI is InChI=1S/C12H23NO4/c1-3-13-11(12(14)16-4-2)6-8-17-10-5-7-15-9-10/h10-11,13H,3-9H2,1-2H3. The fourth-order valence-electron chi connectivity index (χ4n) is 1.79. The number of rotatable bonds is 8. The zero-order valence-corrected chi connectivity index (χ0v) is 10.7. The van der Waals surface area contributed by atoms with Gasteiger partial charge in [0.25, 0.3) is 0 Å². The van der Waals surface area contributed by atoms with Gasteiger partial charge < -0.3 is 19.5 Å². The minimum atomic E-state index is -0.262. The van der Waals surface area contributed by atoms with Gasteiger partial charge in [-0.05, 0) is 26.3 Å². The quantitative estimate of drug-likeness (QED) is 0.639. The molecule has 0 bridgehead atoms. The van der Waals surface area contributed by atoms with Crippen LogP contribution in [0.4, 0.5) is 0 Å². The maximum absolute atomic E-state index is 11.6. The average Bonchev–Trinajstić information content (AvgIpc) is 2.81. The molecule has 5 heteroatoms. The van der Waals surface area contributed by atoms with Crippen molar-refractivity contribution in [1.29, 1.82) is 0 Å². The first-order valence-corrected chi connectivity index (χ1v) is 6.37. The molecular formula is C12H23NO4. The van der Waals surface area contributed by atoms with E-state index in [0.29, 0.717) is 26.2 Å². The van der Waals surface area contributed by atoms with Crippen LogP contribution in [-0.4, -0.2) is 51.1 Å². The summed E-state index contributed by atoms with van der Waals surface area (Å²) in [5, 5.41) is 3.11. The number of hydrogen-bond donors (Lipinski definition) is 1. The molecule has 1 N–H and O–H groups in total. The van der Waals surface area contributed by atoms with Crippen molar-refractivity contribution in [2.75, 3.05) is 33.0 Å². The monoisotopic (exact) mass is 245 g/mol. The fraction of sp³-hybridized carbons (Fsp3) is 0.917. The number of esters is 1. The molecule has 0 aromatic rings. The van der Waals surface area contributed by atoms with E-state index in [9.17, 15) is 4.79 Å². The number of nitrogens with one attached hydrogen (secondary N) is 1. The molecule has 1 fully saturated rings. The Bertz CT molecular complexity index is 217. The molecule has 5 nitrogen and oxygen atoms in total. The van der Waals surface area contributed by atoms with Crippen molar-refractivity contribution in [1.82, 2.24) is 5.32 Å². The number of carbonyl (C=O) groups excluding carboxylic acids is 1. The zero-order valence-electron chi connectivity index (χ0n) is 10.7. The summed E-state index contributed by atoms with van der Waals surface area (Å²) in [5.41, 5.74) is 0. The Balaban J connectivity index is 2.20. The summed E-state index contributed by atoms with van der Waals surface area (Å²) in [6.07, 6.45) is 1.79. The van der Waals surface area contributed by atoms with Gasteiger partial charge in [0.15, 0.2) is 0 Å². The summed E-state index contributed by atoms with van der Waals surface area (Å²) in [6.45, 7) is 6.95. The molecule has 1 aliphatic rings. The molecule has 1 saturated heterocycles. The van der Waals surface area contributed by atoms with Crippen molar-refractivity contribution in [3.05, 3.63) is 0 Å². The van der Waals surface area contributed by atoms with Crippen LogP contribution in [0.1, 0.15) is 26.7 Å². The predicted molar refractivity (Wildman–Crippen MR) is 63.9 cm³/mol. The first-order valence-electron chi connectivity index (χ1n) is 6.37. The van der Waals surface area contributed by atoms with Crippen LogP contribution < -0.4 is 5.32 Å². The van der Waals surface area contributed by atoms with Gasteiger partial charge in [-0.15, -0.1) is 0 Å². The van der Waals surface area contributed by atoms with Crippen molar-refractivity contribution >= 4 is 5.97 Å². The SMILES string of the molecule is CCNC(CCOC1CCOC1)C(=O)OCC. The lowest BCUT2D eigenvalue weighted by atomic mass is 10.2. The van der Waals surface area contributed by atoms with Crippen molar-refractivity contribution < 1.29 is 19.0 Å². The minimum Gasteiger partial charge on any atom is -0.465 e. The maximum Gasteiger partial charge on any atom is 0.323 e. The van der Waals surface area contributed by atoms with Crippen molar-refractivity contribution in [2.24, 2.45) is 0 Å². The van der Waals surface area contributed by atoms with E-state index in [0.717, 1.165) is 19.6 Å². The summed E-state index contributed by atoms with van der Waals surface area (Å²) in [6, 6.07) is -0.262. The molecule has 0 aliphatic carbocycles. The highest BCUT2D eigenvalue weighted by Crippen LogP contribution is 2.09. The van der Waals surface area contributed by atoms with Crippen molar-refractivity contribution in [3.63, 3.8) is 0 Å². The summed E-state index contributed by atoms with van der Waals surface area (Å²) < 4.78 is 15.8. The van der Waals surface area contributed by atoms with Crippen LogP contribution in [0.5, 0.6) is 0 Å². The molecule has 100 valence electrons. The second kappa shape index (κ2) is 8.44. The molecule has 0 saturated carbocycles. The third-order valence-electron chi connectivity index (χ3n) is 2.67. The average molecular weight is 245 g/mol. The Kier molecular flexibility index (Phi) is 7.16. The van der Waals surface area contributed by atoms with Gasteiger partial charge in [-0.25, -0.2) is 0 Å². The molecule has 2 atom stereocenters. The first-order chi connectivity index (χ1) is 8.27. The topological polar surface area (TPSA) is 56.8 Å². The Morgan fingerprint density at radius 1 is 1.53 bits per heavy atom. The van der Waals surface area contributed by atoms with Crippen LogP contribution in [0.25, 0.3) is 0 Å². The number of carbonyl (C=O) groups is 1. The van der Waals surface area contributed by atoms with Crippen LogP contribution in [-0.2, 0) is 19.0 Å². The molecule has 0 aromatic heterocycles. The number of hydrogen-bond acceptors (Lipinski definition) is 5. The van der Waals surface area contributed by atoms with Gasteiger partial charge in [0, 0.05) is 13.2 Å². The van der Waals surface area contributed by atoms with Crippen LogP contribution in [0.2, 0.25) is 0 Å². The lowest BCUT2D eigenvalue weighted by Gasteiger charge is -2.17. The van der Waals surface area contributed by atoms with Gasteiger partial charge in [-0.3, -0.25) is 4.79 Å². The largest absolute Gasteiger partial charge is 0.465 e. The number of ether oxygens (including phenoxy) is 3. The molecule has 1 aliphatic heterocycles. The molecular weight excluding hydrogens is 222 g/mol. The van der Waals surface area contributed by atoms with E-state index in [2.05, 4.69) is 5.32 Å². The lowest BCUT2D eigenvalue weighted by Crippen LogP contribution is -2.39. The van der Waals surface area contributed by atoms with Crippen LogP contribution in [0.15, 0.2) is 0 Å². The van der Waals surface area contributed by atoms with Crippen molar-refractivity contribution in [3.8, 4) is 0 Å². The van der Waals surface area contributed by atoms with Gasteiger partial charge >= 0.3 is 5.97 Å². The van der Waals surface area contributed by atoms with Gasteiger partial charge in [0.1, 0.15) is 6.04 Å². The Hall–Kier alpha value is -0.650. The minimum absolute atomic E-state index is 0.194. The van der Waals surface area contributed by atoms with Gasteiger partial charge in [0.05, 0.1) is 19.3 Å². The Morgan fingerprint density at radius 2 is 2.35 bits per heavy atom. The highest BCUT2D eigenvalue weighted by atomic mass is 16.5. The molecule has 2 unspecified atom stereocenters.